The summed E-state index contributed by atoms with van der Waals surface area (Å²) in [5.74, 6) is 0.310. The zero-order valence-corrected chi connectivity index (χ0v) is 14.5. The minimum atomic E-state index is -3.63. The molecule has 1 atom stereocenters. The van der Waals surface area contributed by atoms with Crippen LogP contribution in [0.2, 0.25) is 0 Å². The lowest BCUT2D eigenvalue weighted by atomic mass is 9.94. The Morgan fingerprint density at radius 2 is 2.00 bits per heavy atom. The first-order valence-electron chi connectivity index (χ1n) is 7.46. The molecule has 1 saturated heterocycles. The molecule has 1 N–H and O–H groups in total. The highest BCUT2D eigenvalue weighted by molar-refractivity contribution is 7.89. The van der Waals surface area contributed by atoms with E-state index in [4.69, 9.17) is 4.52 Å². The van der Waals surface area contributed by atoms with Gasteiger partial charge in [0.2, 0.25) is 10.0 Å². The van der Waals surface area contributed by atoms with Crippen molar-refractivity contribution in [2.75, 3.05) is 33.7 Å². The van der Waals surface area contributed by atoms with Crippen LogP contribution in [0.4, 0.5) is 0 Å². The van der Waals surface area contributed by atoms with Gasteiger partial charge in [0.25, 0.3) is 0 Å². The Hall–Kier alpha value is -0.960. The maximum Gasteiger partial charge on any atom is 0.248 e. The van der Waals surface area contributed by atoms with Gasteiger partial charge >= 0.3 is 0 Å². The van der Waals surface area contributed by atoms with Crippen molar-refractivity contribution in [3.8, 4) is 0 Å². The van der Waals surface area contributed by atoms with Crippen LogP contribution in [0.25, 0.3) is 0 Å². The summed E-state index contributed by atoms with van der Waals surface area (Å²) in [6.45, 7) is 4.47. The van der Waals surface area contributed by atoms with Crippen molar-refractivity contribution in [2.45, 2.75) is 43.6 Å². The van der Waals surface area contributed by atoms with E-state index in [1.807, 2.05) is 19.0 Å². The van der Waals surface area contributed by atoms with Gasteiger partial charge in [0, 0.05) is 19.6 Å². The normalized spacial score (nSPS) is 24.6. The molecule has 0 bridgehead atoms. The summed E-state index contributed by atoms with van der Waals surface area (Å²) >= 11 is 0. The number of sulfonamides is 1. The van der Waals surface area contributed by atoms with Crippen LogP contribution in [0.1, 0.15) is 30.7 Å². The lowest BCUT2D eigenvalue weighted by Crippen LogP contribution is -2.41. The first-order chi connectivity index (χ1) is 10.2. The van der Waals surface area contributed by atoms with Crippen molar-refractivity contribution in [3.05, 3.63) is 11.5 Å². The van der Waals surface area contributed by atoms with Crippen molar-refractivity contribution in [2.24, 2.45) is 0 Å². The van der Waals surface area contributed by atoms with Gasteiger partial charge in [-0.1, -0.05) is 5.16 Å². The fourth-order valence-electron chi connectivity index (χ4n) is 3.11. The Balaban J connectivity index is 2.21. The van der Waals surface area contributed by atoms with Crippen LogP contribution in [0, 0.1) is 13.8 Å². The summed E-state index contributed by atoms with van der Waals surface area (Å²) in [6, 6.07) is 0. The number of aryl methyl sites for hydroxylation is 2. The number of aromatic nitrogens is 1. The maximum absolute atomic E-state index is 12.8. The summed E-state index contributed by atoms with van der Waals surface area (Å²) in [5, 5.41) is 14.4. The molecule has 1 fully saturated rings. The second-order valence-corrected chi connectivity index (χ2v) is 8.25. The van der Waals surface area contributed by atoms with Crippen LogP contribution in [0.5, 0.6) is 0 Å². The summed E-state index contributed by atoms with van der Waals surface area (Å²) in [5.41, 5.74) is -0.461. The molecule has 1 aliphatic heterocycles. The molecule has 1 unspecified atom stereocenters. The zero-order valence-electron chi connectivity index (χ0n) is 13.7. The van der Waals surface area contributed by atoms with E-state index < -0.39 is 15.6 Å². The highest BCUT2D eigenvalue weighted by Crippen LogP contribution is 2.29. The van der Waals surface area contributed by atoms with E-state index in [0.717, 1.165) is 0 Å². The summed E-state index contributed by atoms with van der Waals surface area (Å²) in [4.78, 5) is 2.09. The molecular formula is C14H25N3O4S. The predicted octanol–water partition coefficient (Wildman–Crippen LogP) is 0.759. The molecular weight excluding hydrogens is 306 g/mol. The minimum absolute atomic E-state index is 0.158. The molecule has 2 rings (SSSR count). The molecule has 7 nitrogen and oxygen atoms in total. The van der Waals surface area contributed by atoms with E-state index in [1.165, 1.54) is 4.31 Å². The maximum atomic E-state index is 12.8. The number of nitrogens with zero attached hydrogens (tertiary/aromatic N) is 3. The molecule has 0 aromatic carbocycles. The molecule has 22 heavy (non-hydrogen) atoms. The van der Waals surface area contributed by atoms with Gasteiger partial charge in [0.1, 0.15) is 10.6 Å². The molecule has 0 amide bonds. The van der Waals surface area contributed by atoms with Gasteiger partial charge in [-0.05, 0) is 47.2 Å². The van der Waals surface area contributed by atoms with Crippen molar-refractivity contribution in [1.82, 2.24) is 14.4 Å². The van der Waals surface area contributed by atoms with Gasteiger partial charge in [-0.25, -0.2) is 8.42 Å². The number of aliphatic hydroxyl groups is 1. The molecule has 0 spiro atoms. The van der Waals surface area contributed by atoms with Crippen molar-refractivity contribution in [3.63, 3.8) is 0 Å². The molecule has 1 aliphatic rings. The predicted molar refractivity (Wildman–Crippen MR) is 82.1 cm³/mol. The van der Waals surface area contributed by atoms with Crippen LogP contribution < -0.4 is 0 Å². The summed E-state index contributed by atoms with van der Waals surface area (Å²) < 4.78 is 32.0. The molecule has 0 radical (unpaired) electrons. The molecule has 0 saturated carbocycles. The van der Waals surface area contributed by atoms with Crippen LogP contribution >= 0.6 is 0 Å². The first-order valence-corrected chi connectivity index (χ1v) is 8.90. The van der Waals surface area contributed by atoms with Gasteiger partial charge in [-0.3, -0.25) is 0 Å². The lowest BCUT2D eigenvalue weighted by molar-refractivity contribution is 0.00405. The van der Waals surface area contributed by atoms with Crippen LogP contribution in [0.15, 0.2) is 9.42 Å². The highest BCUT2D eigenvalue weighted by Gasteiger charge is 2.36. The molecule has 2 heterocycles. The van der Waals surface area contributed by atoms with E-state index in [9.17, 15) is 13.5 Å². The highest BCUT2D eigenvalue weighted by atomic mass is 32.2. The third-order valence-electron chi connectivity index (χ3n) is 4.05. The Labute approximate surface area is 131 Å². The first kappa shape index (κ1) is 17.4. The number of likely N-dealkylation sites (N-methyl/N-ethyl adjacent to an activating group) is 1. The van der Waals surface area contributed by atoms with Crippen molar-refractivity contribution < 1.29 is 18.0 Å². The fraction of sp³-hybridized carbons (Fsp3) is 0.786. The van der Waals surface area contributed by atoms with Crippen LogP contribution in [0.3, 0.4) is 0 Å². The fourth-order valence-corrected chi connectivity index (χ4v) is 4.88. The number of hydrogen-bond donors (Lipinski definition) is 1. The smallest absolute Gasteiger partial charge is 0.248 e. The van der Waals surface area contributed by atoms with Crippen molar-refractivity contribution >= 4 is 10.0 Å². The Morgan fingerprint density at radius 3 is 2.55 bits per heavy atom. The van der Waals surface area contributed by atoms with Crippen LogP contribution in [-0.2, 0) is 10.0 Å². The average molecular weight is 331 g/mol. The molecule has 8 heteroatoms. The van der Waals surface area contributed by atoms with Gasteiger partial charge < -0.3 is 14.5 Å². The molecule has 126 valence electrons. The standard InChI is InChI=1S/C14H25N3O4S/c1-11-13(12(2)21-15-11)22(19,20)17-8-5-6-14(18,7-9-17)10-16(3)4/h18H,5-10H2,1-4H3. The number of hydrogen-bond acceptors (Lipinski definition) is 6. The molecule has 1 aromatic rings. The topological polar surface area (TPSA) is 86.9 Å². The van der Waals surface area contributed by atoms with Gasteiger partial charge in [0.05, 0.1) is 5.60 Å². The zero-order chi connectivity index (χ0) is 16.5. The van der Waals surface area contributed by atoms with E-state index in [-0.39, 0.29) is 4.90 Å². The third kappa shape index (κ3) is 3.51. The largest absolute Gasteiger partial charge is 0.389 e. The summed E-state index contributed by atoms with van der Waals surface area (Å²) in [6.07, 6.45) is 1.65. The van der Waals surface area contributed by atoms with Crippen LogP contribution in [-0.4, -0.2) is 67.2 Å². The SMILES string of the molecule is Cc1noc(C)c1S(=O)(=O)N1CCCC(O)(CN(C)C)CC1. The molecule has 1 aromatic heterocycles. The Morgan fingerprint density at radius 1 is 1.32 bits per heavy atom. The molecule has 0 aliphatic carbocycles. The quantitative estimate of drug-likeness (QED) is 0.876. The monoisotopic (exact) mass is 331 g/mol. The second-order valence-electron chi connectivity index (χ2n) is 6.37. The van der Waals surface area contributed by atoms with Gasteiger partial charge in [0.15, 0.2) is 5.76 Å². The summed E-state index contributed by atoms with van der Waals surface area (Å²) in [7, 11) is 0.178. The van der Waals surface area contributed by atoms with E-state index in [2.05, 4.69) is 5.16 Å². The van der Waals surface area contributed by atoms with Gasteiger partial charge in [-0.2, -0.15) is 4.31 Å². The van der Waals surface area contributed by atoms with E-state index in [0.29, 0.717) is 50.4 Å². The van der Waals surface area contributed by atoms with Crippen molar-refractivity contribution in [1.29, 1.82) is 0 Å². The minimum Gasteiger partial charge on any atom is -0.389 e. The van der Waals surface area contributed by atoms with E-state index >= 15 is 0 Å². The number of rotatable bonds is 4. The Bertz CT molecular complexity index is 607. The third-order valence-corrected chi connectivity index (χ3v) is 6.20. The lowest BCUT2D eigenvalue weighted by Gasteiger charge is -2.29. The average Bonchev–Trinajstić information content (AvgIpc) is 2.60. The van der Waals surface area contributed by atoms with E-state index in [1.54, 1.807) is 13.8 Å². The second kappa shape index (κ2) is 6.27. The Kier molecular flexibility index (Phi) is 4.96. The van der Waals surface area contributed by atoms with Gasteiger partial charge in [-0.15, -0.1) is 0 Å².